The van der Waals surface area contributed by atoms with Gasteiger partial charge in [0.15, 0.2) is 0 Å². The van der Waals surface area contributed by atoms with Gasteiger partial charge in [0.05, 0.1) is 0 Å². The quantitative estimate of drug-likeness (QED) is 0.745. The normalized spacial score (nSPS) is 16.1. The molecule has 0 saturated carbocycles. The van der Waals surface area contributed by atoms with E-state index in [1.165, 1.54) is 18.4 Å². The molecule has 0 atom stereocenters. The molecule has 4 nitrogen and oxygen atoms in total. The van der Waals surface area contributed by atoms with E-state index in [0.717, 1.165) is 31.7 Å². The molecule has 4 heteroatoms. The van der Waals surface area contributed by atoms with Gasteiger partial charge in [-0.2, -0.15) is 0 Å². The first-order valence-electron chi connectivity index (χ1n) is 7.52. The summed E-state index contributed by atoms with van der Waals surface area (Å²) in [6.45, 7) is 3.01. The highest BCUT2D eigenvalue weighted by molar-refractivity contribution is 5.90. The van der Waals surface area contributed by atoms with E-state index in [2.05, 4.69) is 22.0 Å². The predicted molar refractivity (Wildman–Crippen MR) is 82.7 cm³/mol. The summed E-state index contributed by atoms with van der Waals surface area (Å²) in [5, 5.41) is 9.47. The zero-order valence-electron chi connectivity index (χ0n) is 12.2. The van der Waals surface area contributed by atoms with E-state index in [4.69, 9.17) is 0 Å². The van der Waals surface area contributed by atoms with Gasteiger partial charge in [0.2, 0.25) is 5.91 Å². The Labute approximate surface area is 121 Å². The average Bonchev–Trinajstić information content (AvgIpc) is 2.47. The van der Waals surface area contributed by atoms with Gasteiger partial charge in [-0.3, -0.25) is 4.79 Å². The highest BCUT2D eigenvalue weighted by Gasteiger charge is 2.14. The van der Waals surface area contributed by atoms with Crippen LogP contribution in [0.25, 0.3) is 0 Å². The number of hydrogen-bond donors (Lipinski definition) is 3. The van der Waals surface area contributed by atoms with Gasteiger partial charge in [0.25, 0.3) is 0 Å². The Morgan fingerprint density at radius 3 is 2.90 bits per heavy atom. The topological polar surface area (TPSA) is 53.2 Å². The minimum atomic E-state index is 0.130. The van der Waals surface area contributed by atoms with Crippen LogP contribution in [-0.2, 0) is 11.3 Å². The summed E-state index contributed by atoms with van der Waals surface area (Å²) in [4.78, 5) is 12.0. The molecule has 1 fully saturated rings. The molecule has 1 aliphatic rings. The number of rotatable bonds is 6. The van der Waals surface area contributed by atoms with Crippen molar-refractivity contribution in [2.24, 2.45) is 5.92 Å². The lowest BCUT2D eigenvalue weighted by Gasteiger charge is -2.22. The number of hydrogen-bond acceptors (Lipinski definition) is 3. The van der Waals surface area contributed by atoms with Gasteiger partial charge in [-0.05, 0) is 63.0 Å². The molecule has 0 aliphatic carbocycles. The van der Waals surface area contributed by atoms with E-state index < -0.39 is 0 Å². The van der Waals surface area contributed by atoms with Crippen LogP contribution in [-0.4, -0.2) is 26.0 Å². The molecule has 1 aromatic rings. The Bertz CT molecular complexity index is 427. The van der Waals surface area contributed by atoms with Gasteiger partial charge in [-0.1, -0.05) is 12.1 Å². The maximum atomic E-state index is 12.0. The molecule has 1 heterocycles. The van der Waals surface area contributed by atoms with Crippen molar-refractivity contribution in [2.75, 3.05) is 25.5 Å². The summed E-state index contributed by atoms with van der Waals surface area (Å²) >= 11 is 0. The molecule has 0 unspecified atom stereocenters. The van der Waals surface area contributed by atoms with Crippen LogP contribution in [0.1, 0.15) is 31.2 Å². The van der Waals surface area contributed by atoms with Crippen molar-refractivity contribution in [3.63, 3.8) is 0 Å². The first kappa shape index (κ1) is 15.0. The first-order chi connectivity index (χ1) is 9.78. The summed E-state index contributed by atoms with van der Waals surface area (Å²) in [5.74, 6) is 0.836. The third kappa shape index (κ3) is 4.94. The van der Waals surface area contributed by atoms with Crippen LogP contribution < -0.4 is 16.0 Å². The van der Waals surface area contributed by atoms with Crippen LogP contribution in [0.5, 0.6) is 0 Å². The predicted octanol–water partition coefficient (Wildman–Crippen LogP) is 2.12. The third-order valence-electron chi connectivity index (χ3n) is 3.83. The van der Waals surface area contributed by atoms with E-state index >= 15 is 0 Å². The number of carbonyl (C=O) groups is 1. The molecule has 0 aromatic heterocycles. The van der Waals surface area contributed by atoms with Crippen molar-refractivity contribution >= 4 is 11.6 Å². The van der Waals surface area contributed by atoms with Crippen molar-refractivity contribution in [1.29, 1.82) is 0 Å². The Morgan fingerprint density at radius 1 is 1.35 bits per heavy atom. The third-order valence-corrected chi connectivity index (χ3v) is 3.83. The van der Waals surface area contributed by atoms with E-state index in [-0.39, 0.29) is 5.91 Å². The second kappa shape index (κ2) is 8.02. The van der Waals surface area contributed by atoms with Gasteiger partial charge in [-0.15, -0.1) is 0 Å². The standard InChI is InChI=1S/C16H25N3O/c1-17-12-14-3-2-4-15(11-14)19-16(20)6-5-13-7-9-18-10-8-13/h2-4,11,13,17-18H,5-10,12H2,1H3,(H,19,20). The fraction of sp³-hybridized carbons (Fsp3) is 0.562. The fourth-order valence-corrected chi connectivity index (χ4v) is 2.69. The van der Waals surface area contributed by atoms with Crippen molar-refractivity contribution < 1.29 is 4.79 Å². The Morgan fingerprint density at radius 2 is 2.15 bits per heavy atom. The van der Waals surface area contributed by atoms with E-state index in [1.807, 2.05) is 25.2 Å². The second-order valence-corrected chi connectivity index (χ2v) is 5.51. The molecule has 0 bridgehead atoms. The molecule has 20 heavy (non-hydrogen) atoms. The molecule has 1 aromatic carbocycles. The Hall–Kier alpha value is -1.39. The molecule has 1 saturated heterocycles. The molecule has 1 aliphatic heterocycles. The largest absolute Gasteiger partial charge is 0.326 e. The molecule has 110 valence electrons. The number of piperidine rings is 1. The minimum Gasteiger partial charge on any atom is -0.326 e. The van der Waals surface area contributed by atoms with Crippen LogP contribution in [0, 0.1) is 5.92 Å². The molecular formula is C16H25N3O. The SMILES string of the molecule is CNCc1cccc(NC(=O)CCC2CCNCC2)c1. The summed E-state index contributed by atoms with van der Waals surface area (Å²) < 4.78 is 0. The van der Waals surface area contributed by atoms with Crippen LogP contribution in [0.3, 0.4) is 0 Å². The summed E-state index contributed by atoms with van der Waals surface area (Å²) in [6.07, 6.45) is 4.03. The minimum absolute atomic E-state index is 0.130. The number of nitrogens with one attached hydrogen (secondary N) is 3. The smallest absolute Gasteiger partial charge is 0.224 e. The summed E-state index contributed by atoms with van der Waals surface area (Å²) in [5.41, 5.74) is 2.08. The Kier molecular flexibility index (Phi) is 6.02. The molecule has 1 amide bonds. The van der Waals surface area contributed by atoms with Crippen molar-refractivity contribution in [3.05, 3.63) is 29.8 Å². The van der Waals surface area contributed by atoms with Gasteiger partial charge in [0.1, 0.15) is 0 Å². The number of benzene rings is 1. The summed E-state index contributed by atoms with van der Waals surface area (Å²) in [6, 6.07) is 8.01. The highest BCUT2D eigenvalue weighted by Crippen LogP contribution is 2.18. The lowest BCUT2D eigenvalue weighted by Crippen LogP contribution is -2.28. The Balaban J connectivity index is 1.77. The van der Waals surface area contributed by atoms with E-state index in [0.29, 0.717) is 12.3 Å². The van der Waals surface area contributed by atoms with Crippen LogP contribution in [0.2, 0.25) is 0 Å². The van der Waals surface area contributed by atoms with Crippen molar-refractivity contribution in [3.8, 4) is 0 Å². The molecule has 0 radical (unpaired) electrons. The summed E-state index contributed by atoms with van der Waals surface area (Å²) in [7, 11) is 1.92. The molecular weight excluding hydrogens is 250 g/mol. The molecule has 0 spiro atoms. The van der Waals surface area contributed by atoms with Crippen LogP contribution in [0.4, 0.5) is 5.69 Å². The van der Waals surface area contributed by atoms with Gasteiger partial charge < -0.3 is 16.0 Å². The van der Waals surface area contributed by atoms with Gasteiger partial charge in [0, 0.05) is 18.7 Å². The van der Waals surface area contributed by atoms with Gasteiger partial charge in [-0.25, -0.2) is 0 Å². The lowest BCUT2D eigenvalue weighted by molar-refractivity contribution is -0.116. The average molecular weight is 275 g/mol. The molecule has 2 rings (SSSR count). The first-order valence-corrected chi connectivity index (χ1v) is 7.52. The zero-order chi connectivity index (χ0) is 14.2. The van der Waals surface area contributed by atoms with E-state index in [1.54, 1.807) is 0 Å². The maximum Gasteiger partial charge on any atom is 0.224 e. The zero-order valence-corrected chi connectivity index (χ0v) is 12.2. The molecule has 3 N–H and O–H groups in total. The maximum absolute atomic E-state index is 12.0. The number of anilines is 1. The highest BCUT2D eigenvalue weighted by atomic mass is 16.1. The van der Waals surface area contributed by atoms with Crippen molar-refractivity contribution in [2.45, 2.75) is 32.2 Å². The number of amides is 1. The lowest BCUT2D eigenvalue weighted by atomic mass is 9.93. The second-order valence-electron chi connectivity index (χ2n) is 5.51. The van der Waals surface area contributed by atoms with E-state index in [9.17, 15) is 4.79 Å². The van der Waals surface area contributed by atoms with Crippen LogP contribution >= 0.6 is 0 Å². The fourth-order valence-electron chi connectivity index (χ4n) is 2.69. The number of carbonyl (C=O) groups excluding carboxylic acids is 1. The van der Waals surface area contributed by atoms with Crippen LogP contribution in [0.15, 0.2) is 24.3 Å². The van der Waals surface area contributed by atoms with Gasteiger partial charge >= 0.3 is 0 Å². The van der Waals surface area contributed by atoms with Crippen molar-refractivity contribution in [1.82, 2.24) is 10.6 Å². The monoisotopic (exact) mass is 275 g/mol.